The molecule has 0 saturated heterocycles. The van der Waals surface area contributed by atoms with Crippen molar-refractivity contribution in [3.63, 3.8) is 0 Å². The van der Waals surface area contributed by atoms with Crippen molar-refractivity contribution in [2.75, 3.05) is 20.8 Å². The monoisotopic (exact) mass is 377 g/mol. The quantitative estimate of drug-likeness (QED) is 0.463. The van der Waals surface area contributed by atoms with Gasteiger partial charge >= 0.3 is 11.9 Å². The average molecular weight is 377 g/mol. The van der Waals surface area contributed by atoms with Gasteiger partial charge in [0.25, 0.3) is 0 Å². The molecule has 142 valence electrons. The first-order chi connectivity index (χ1) is 13.7. The molecule has 6 nitrogen and oxygen atoms in total. The Labute approximate surface area is 161 Å². The summed E-state index contributed by atoms with van der Waals surface area (Å²) in [7, 11) is 2.95. The molecule has 6 heteroatoms. The molecular weight excluding hydrogens is 358 g/mol. The van der Waals surface area contributed by atoms with E-state index >= 15 is 0 Å². The van der Waals surface area contributed by atoms with Crippen LogP contribution in [0, 0.1) is 0 Å². The molecule has 4 rings (SSSR count). The SMILES string of the molecule is CCOc1oc2c(-c3ccc(OC)cc3)nc3ccccc3c2c1C(=O)OC. The fourth-order valence-corrected chi connectivity index (χ4v) is 3.25. The van der Waals surface area contributed by atoms with Crippen LogP contribution >= 0.6 is 0 Å². The highest BCUT2D eigenvalue weighted by Gasteiger charge is 2.27. The number of esters is 1. The van der Waals surface area contributed by atoms with E-state index in [4.69, 9.17) is 23.6 Å². The number of rotatable bonds is 5. The lowest BCUT2D eigenvalue weighted by atomic mass is 10.0. The molecule has 0 aliphatic carbocycles. The van der Waals surface area contributed by atoms with Crippen molar-refractivity contribution in [3.8, 4) is 23.0 Å². The van der Waals surface area contributed by atoms with E-state index in [0.717, 1.165) is 22.2 Å². The number of benzene rings is 2. The lowest BCUT2D eigenvalue weighted by Crippen LogP contribution is -2.04. The zero-order valence-electron chi connectivity index (χ0n) is 15.8. The van der Waals surface area contributed by atoms with Crippen molar-refractivity contribution in [2.24, 2.45) is 0 Å². The number of aromatic nitrogens is 1. The minimum absolute atomic E-state index is 0.136. The number of pyridine rings is 1. The van der Waals surface area contributed by atoms with Crippen LogP contribution in [0.3, 0.4) is 0 Å². The number of nitrogens with zero attached hydrogens (tertiary/aromatic N) is 1. The lowest BCUT2D eigenvalue weighted by molar-refractivity contribution is 0.0595. The molecule has 0 aliphatic heterocycles. The summed E-state index contributed by atoms with van der Waals surface area (Å²) in [6, 6.07) is 15.1. The van der Waals surface area contributed by atoms with E-state index < -0.39 is 5.97 Å². The maximum absolute atomic E-state index is 12.6. The summed E-state index contributed by atoms with van der Waals surface area (Å²) in [4.78, 5) is 17.3. The molecule has 0 aliphatic rings. The molecule has 0 N–H and O–H groups in total. The Balaban J connectivity index is 2.11. The van der Waals surface area contributed by atoms with E-state index in [9.17, 15) is 4.79 Å². The van der Waals surface area contributed by atoms with Crippen molar-refractivity contribution in [3.05, 3.63) is 54.1 Å². The zero-order chi connectivity index (χ0) is 19.7. The highest BCUT2D eigenvalue weighted by Crippen LogP contribution is 2.41. The van der Waals surface area contributed by atoms with Gasteiger partial charge in [0.1, 0.15) is 11.4 Å². The van der Waals surface area contributed by atoms with E-state index in [2.05, 4.69) is 0 Å². The third kappa shape index (κ3) is 2.83. The largest absolute Gasteiger partial charge is 0.497 e. The Hall–Kier alpha value is -3.54. The van der Waals surface area contributed by atoms with Crippen LogP contribution in [0.1, 0.15) is 17.3 Å². The third-order valence-electron chi connectivity index (χ3n) is 4.53. The van der Waals surface area contributed by atoms with Gasteiger partial charge < -0.3 is 18.6 Å². The third-order valence-corrected chi connectivity index (χ3v) is 4.53. The number of carbonyl (C=O) groups is 1. The highest BCUT2D eigenvalue weighted by molar-refractivity contribution is 6.18. The molecule has 0 saturated carbocycles. The predicted octanol–water partition coefficient (Wildman–Crippen LogP) is 4.84. The summed E-state index contributed by atoms with van der Waals surface area (Å²) < 4.78 is 21.8. The van der Waals surface area contributed by atoms with Crippen LogP contribution < -0.4 is 9.47 Å². The fourth-order valence-electron chi connectivity index (χ4n) is 3.25. The molecule has 0 bridgehead atoms. The second kappa shape index (κ2) is 7.23. The number of para-hydroxylation sites is 1. The first kappa shape index (κ1) is 17.9. The summed E-state index contributed by atoms with van der Waals surface area (Å²) in [6.07, 6.45) is 0. The van der Waals surface area contributed by atoms with Gasteiger partial charge in [0.15, 0.2) is 11.1 Å². The van der Waals surface area contributed by atoms with E-state index in [-0.39, 0.29) is 11.5 Å². The van der Waals surface area contributed by atoms with Gasteiger partial charge in [0.2, 0.25) is 0 Å². The molecule has 0 radical (unpaired) electrons. The maximum Gasteiger partial charge on any atom is 0.345 e. The predicted molar refractivity (Wildman–Crippen MR) is 106 cm³/mol. The normalized spacial score (nSPS) is 11.0. The summed E-state index contributed by atoms with van der Waals surface area (Å²) >= 11 is 0. The van der Waals surface area contributed by atoms with Gasteiger partial charge in [-0.25, -0.2) is 9.78 Å². The molecule has 2 aromatic carbocycles. The summed E-state index contributed by atoms with van der Waals surface area (Å²) in [5, 5.41) is 1.43. The van der Waals surface area contributed by atoms with Gasteiger partial charge in [-0.1, -0.05) is 18.2 Å². The van der Waals surface area contributed by atoms with Crippen LogP contribution in [0.15, 0.2) is 52.9 Å². The van der Waals surface area contributed by atoms with Crippen LogP contribution in [-0.2, 0) is 4.74 Å². The molecule has 28 heavy (non-hydrogen) atoms. The van der Waals surface area contributed by atoms with Crippen molar-refractivity contribution in [1.82, 2.24) is 4.98 Å². The van der Waals surface area contributed by atoms with Gasteiger partial charge in [-0.05, 0) is 37.3 Å². The summed E-state index contributed by atoms with van der Waals surface area (Å²) in [6.45, 7) is 2.18. The fraction of sp³-hybridized carbons (Fsp3) is 0.182. The molecule has 0 amide bonds. The Kier molecular flexibility index (Phi) is 4.61. The van der Waals surface area contributed by atoms with Crippen molar-refractivity contribution in [1.29, 1.82) is 0 Å². The van der Waals surface area contributed by atoms with E-state index in [1.54, 1.807) is 7.11 Å². The van der Waals surface area contributed by atoms with Crippen LogP contribution in [0.4, 0.5) is 0 Å². The molecule has 0 fully saturated rings. The number of hydrogen-bond acceptors (Lipinski definition) is 6. The number of fused-ring (bicyclic) bond motifs is 3. The Morgan fingerprint density at radius 2 is 1.82 bits per heavy atom. The van der Waals surface area contributed by atoms with Crippen LogP contribution in [0.2, 0.25) is 0 Å². The van der Waals surface area contributed by atoms with Crippen molar-refractivity contribution >= 4 is 27.8 Å². The molecular formula is C22H19NO5. The summed E-state index contributed by atoms with van der Waals surface area (Å²) in [5.41, 5.74) is 2.95. The minimum atomic E-state index is -0.515. The van der Waals surface area contributed by atoms with E-state index in [1.807, 2.05) is 55.5 Å². The van der Waals surface area contributed by atoms with Gasteiger partial charge in [0, 0.05) is 10.9 Å². The molecule has 4 aromatic rings. The van der Waals surface area contributed by atoms with Crippen LogP contribution in [0.25, 0.3) is 33.1 Å². The van der Waals surface area contributed by atoms with Crippen molar-refractivity contribution in [2.45, 2.75) is 6.92 Å². The summed E-state index contributed by atoms with van der Waals surface area (Å²) in [5.74, 6) is 0.363. The number of hydrogen-bond donors (Lipinski definition) is 0. The van der Waals surface area contributed by atoms with Crippen LogP contribution in [-0.4, -0.2) is 31.8 Å². The average Bonchev–Trinajstić information content (AvgIpc) is 3.12. The number of ether oxygens (including phenoxy) is 3. The molecule has 0 spiro atoms. The van der Waals surface area contributed by atoms with Gasteiger partial charge in [-0.15, -0.1) is 0 Å². The second-order valence-electron chi connectivity index (χ2n) is 6.10. The van der Waals surface area contributed by atoms with E-state index in [1.165, 1.54) is 7.11 Å². The minimum Gasteiger partial charge on any atom is -0.497 e. The maximum atomic E-state index is 12.6. The smallest absolute Gasteiger partial charge is 0.345 e. The molecule has 2 heterocycles. The van der Waals surface area contributed by atoms with Gasteiger partial charge in [-0.2, -0.15) is 0 Å². The number of furan rings is 1. The second-order valence-corrected chi connectivity index (χ2v) is 6.10. The Morgan fingerprint density at radius 3 is 2.50 bits per heavy atom. The first-order valence-corrected chi connectivity index (χ1v) is 8.88. The molecule has 0 unspecified atom stereocenters. The number of methoxy groups -OCH3 is 2. The zero-order valence-corrected chi connectivity index (χ0v) is 15.8. The highest BCUT2D eigenvalue weighted by atomic mass is 16.6. The number of carbonyl (C=O) groups excluding carboxylic acids is 1. The molecule has 2 aromatic heterocycles. The van der Waals surface area contributed by atoms with Gasteiger partial charge in [-0.3, -0.25) is 0 Å². The Bertz CT molecular complexity index is 1160. The standard InChI is InChI=1S/C22H19NO5/c1-4-27-22-18(21(24)26-3)17-15-7-5-6-8-16(15)23-19(20(17)28-22)13-9-11-14(25-2)12-10-13/h5-12H,4H2,1-3H3. The van der Waals surface area contributed by atoms with E-state index in [0.29, 0.717) is 23.3 Å². The van der Waals surface area contributed by atoms with Crippen molar-refractivity contribution < 1.29 is 23.4 Å². The lowest BCUT2D eigenvalue weighted by Gasteiger charge is -2.07. The molecule has 0 atom stereocenters. The van der Waals surface area contributed by atoms with Gasteiger partial charge in [0.05, 0.1) is 31.7 Å². The Morgan fingerprint density at radius 1 is 1.07 bits per heavy atom. The first-order valence-electron chi connectivity index (χ1n) is 8.88. The topological polar surface area (TPSA) is 70.8 Å². The van der Waals surface area contributed by atoms with Crippen LogP contribution in [0.5, 0.6) is 11.7 Å².